The minimum absolute atomic E-state index is 0.00198. The highest BCUT2D eigenvalue weighted by Crippen LogP contribution is 2.63. The van der Waals surface area contributed by atoms with Gasteiger partial charge in [0.15, 0.2) is 25.5 Å². The smallest absolute Gasteiger partial charge is 0.265 e. The molecule has 4 atom stereocenters. The number of hydrogen-bond acceptors (Lipinski definition) is 10. The number of aliphatic hydroxyl groups is 1. The van der Waals surface area contributed by atoms with E-state index in [9.17, 15) is 10.6 Å². The largest absolute Gasteiger partial charge is 0.508 e. The normalized spacial score (nSPS) is 24.4. The molecule has 6 rings (SSSR count). The first kappa shape index (κ1) is 36.4. The Morgan fingerprint density at radius 3 is 2.39 bits per heavy atom. The third-order valence-electron chi connectivity index (χ3n) is 11.5. The number of aromatic nitrogens is 1. The van der Waals surface area contributed by atoms with Gasteiger partial charge in [-0.15, -0.1) is 0 Å². The molecule has 0 amide bonds. The first-order valence-electron chi connectivity index (χ1n) is 17.3. The van der Waals surface area contributed by atoms with Crippen molar-refractivity contribution in [2.75, 3.05) is 39.6 Å². The van der Waals surface area contributed by atoms with E-state index < -0.39 is 48.6 Å². The predicted molar refractivity (Wildman–Crippen MR) is 197 cm³/mol. The summed E-state index contributed by atoms with van der Waals surface area (Å²) in [6.45, 7) is 12.1. The molecule has 1 aromatic heterocycles. The van der Waals surface area contributed by atoms with Crippen molar-refractivity contribution in [3.05, 3.63) is 97.8 Å². The highest BCUT2D eigenvalue weighted by molar-refractivity contribution is 6.74. The number of carbonyl (C=O) groups is 2. The van der Waals surface area contributed by atoms with Crippen molar-refractivity contribution in [3.63, 3.8) is 0 Å². The minimum atomic E-state index is -2.91. The monoisotopic (exact) mass is 712 g/mol. The van der Waals surface area contributed by atoms with Gasteiger partial charge in [0.05, 0.1) is 6.04 Å². The first-order chi connectivity index (χ1) is 23.9. The van der Waals surface area contributed by atoms with Crippen LogP contribution in [0.1, 0.15) is 76.4 Å². The summed E-state index contributed by atoms with van der Waals surface area (Å²) in [5, 5.41) is 21.0. The van der Waals surface area contributed by atoms with Crippen LogP contribution in [0.5, 0.6) is 5.88 Å². The maximum atomic E-state index is 15.5. The summed E-state index contributed by atoms with van der Waals surface area (Å²) < 4.78 is 19.5. The number of rotatable bonds is 9. The van der Waals surface area contributed by atoms with Crippen LogP contribution in [0.15, 0.2) is 63.4 Å². The lowest BCUT2D eigenvalue weighted by Gasteiger charge is -2.58. The zero-order valence-corrected chi connectivity index (χ0v) is 32.2. The Morgan fingerprint density at radius 2 is 1.78 bits per heavy atom. The van der Waals surface area contributed by atoms with Crippen LogP contribution in [0.4, 0.5) is 5.69 Å². The maximum absolute atomic E-state index is 15.5. The van der Waals surface area contributed by atoms with E-state index in [2.05, 4.69) is 36.0 Å². The SMILES string of the molecule is Cc1ccc(N(C)C)c2c1C(=O)C1=C(O)[C@]3(O[Si](C)(C)C(C)(C)C)C(=O)c4c(OCc5ccccc5)noc4[C@@H](N(C)C)[C@@H]3C[C@]1(CN=[N+]=[N-])C2. The van der Waals surface area contributed by atoms with Crippen molar-refractivity contribution in [3.8, 4) is 5.88 Å². The molecule has 12 nitrogen and oxygen atoms in total. The Bertz CT molecular complexity index is 1980. The standard InChI is InChI=1S/C38H48N6O6Si/c1-22-16-17-26(43(5)6)24-18-37(21-40-42-39)19-25-30(44(7)8)32-28(35(41-49-32)48-20-23-14-12-11-13-15-23)33(46)38(25,50-51(9,10)36(2,3)4)34(47)29(37)31(45)27(22)24/h11-17,25,30,47H,18-21H2,1-10H3/t25-,30-,37-,38+/m0/s1. The van der Waals surface area contributed by atoms with E-state index in [-0.39, 0.29) is 41.6 Å². The van der Waals surface area contributed by atoms with E-state index in [0.717, 1.165) is 22.4 Å². The topological polar surface area (TPSA) is 154 Å². The molecule has 0 saturated carbocycles. The fraction of sp³-hybridized carbons (Fsp3) is 0.500. The lowest BCUT2D eigenvalue weighted by atomic mass is 9.52. The van der Waals surface area contributed by atoms with Crippen molar-refractivity contribution < 1.29 is 28.4 Å². The molecule has 3 aliphatic rings. The van der Waals surface area contributed by atoms with Crippen LogP contribution in [0.2, 0.25) is 18.1 Å². The molecule has 0 saturated heterocycles. The van der Waals surface area contributed by atoms with Crippen molar-refractivity contribution in [1.82, 2.24) is 10.1 Å². The third kappa shape index (κ3) is 5.58. The van der Waals surface area contributed by atoms with Gasteiger partial charge in [-0.05, 0) is 85.4 Å². The average molecular weight is 713 g/mol. The van der Waals surface area contributed by atoms with E-state index in [1.54, 1.807) is 0 Å². The van der Waals surface area contributed by atoms with Crippen LogP contribution in [0.3, 0.4) is 0 Å². The van der Waals surface area contributed by atoms with Crippen LogP contribution >= 0.6 is 0 Å². The van der Waals surface area contributed by atoms with E-state index >= 15 is 9.59 Å². The molecule has 1 heterocycles. The van der Waals surface area contributed by atoms with Gasteiger partial charge in [0.1, 0.15) is 17.9 Å². The number of aliphatic hydroxyl groups excluding tert-OH is 1. The van der Waals surface area contributed by atoms with Gasteiger partial charge in [0.2, 0.25) is 5.78 Å². The number of ether oxygens (including phenoxy) is 1. The lowest BCUT2D eigenvalue weighted by molar-refractivity contribution is -0.0590. The van der Waals surface area contributed by atoms with Gasteiger partial charge in [0, 0.05) is 53.7 Å². The van der Waals surface area contributed by atoms with Crippen molar-refractivity contribution in [2.24, 2.45) is 16.4 Å². The van der Waals surface area contributed by atoms with Gasteiger partial charge in [-0.25, -0.2) is 0 Å². The molecule has 13 heteroatoms. The number of nitrogens with zero attached hydrogens (tertiary/aromatic N) is 6. The van der Waals surface area contributed by atoms with Crippen LogP contribution < -0.4 is 9.64 Å². The van der Waals surface area contributed by atoms with Gasteiger partial charge in [-0.3, -0.25) is 14.5 Å². The molecule has 0 bridgehead atoms. The highest BCUT2D eigenvalue weighted by Gasteiger charge is 2.69. The zero-order chi connectivity index (χ0) is 37.3. The number of carbonyl (C=O) groups excluding carboxylic acids is 2. The van der Waals surface area contributed by atoms with Crippen LogP contribution in [-0.4, -0.2) is 75.4 Å². The maximum Gasteiger partial charge on any atom is 0.265 e. The molecule has 3 aromatic rings. The quantitative estimate of drug-likeness (QED) is 0.101. The lowest BCUT2D eigenvalue weighted by Crippen LogP contribution is -2.66. The Hall–Kier alpha value is -4.42. The second-order valence-corrected chi connectivity index (χ2v) is 20.9. The number of fused-ring (bicyclic) bond motifs is 4. The minimum Gasteiger partial charge on any atom is -0.508 e. The summed E-state index contributed by atoms with van der Waals surface area (Å²) in [4.78, 5) is 37.6. The van der Waals surface area contributed by atoms with E-state index in [4.69, 9.17) is 13.7 Å². The summed E-state index contributed by atoms with van der Waals surface area (Å²) in [6.07, 6.45) is 0.484. The van der Waals surface area contributed by atoms with E-state index in [1.165, 1.54) is 0 Å². The molecular weight excluding hydrogens is 665 g/mol. The summed E-state index contributed by atoms with van der Waals surface area (Å²) in [5.41, 5.74) is 10.4. The Morgan fingerprint density at radius 1 is 1.10 bits per heavy atom. The number of Topliss-reactive ketones (excluding diaryl/α,β-unsaturated/α-hetero) is 2. The van der Waals surface area contributed by atoms with Gasteiger partial charge < -0.3 is 23.7 Å². The Labute approximate surface area is 300 Å². The molecule has 270 valence electrons. The number of ketones is 2. The molecule has 0 aliphatic heterocycles. The van der Waals surface area contributed by atoms with Crippen LogP contribution in [0.25, 0.3) is 10.4 Å². The second-order valence-electron chi connectivity index (χ2n) is 16.2. The highest BCUT2D eigenvalue weighted by atomic mass is 28.4. The number of hydrogen-bond donors (Lipinski definition) is 1. The van der Waals surface area contributed by atoms with Gasteiger partial charge in [0.25, 0.3) is 5.88 Å². The molecule has 51 heavy (non-hydrogen) atoms. The molecule has 3 aliphatic carbocycles. The number of aryl methyl sites for hydroxylation is 1. The third-order valence-corrected chi connectivity index (χ3v) is 16.0. The van der Waals surface area contributed by atoms with Crippen molar-refractivity contribution >= 4 is 25.6 Å². The van der Waals surface area contributed by atoms with Gasteiger partial charge in [-0.2, -0.15) is 0 Å². The predicted octanol–water partition coefficient (Wildman–Crippen LogP) is 7.76. The van der Waals surface area contributed by atoms with Gasteiger partial charge in [-0.1, -0.05) is 62.3 Å². The van der Waals surface area contributed by atoms with E-state index in [1.807, 2.05) is 100 Å². The molecule has 0 spiro atoms. The van der Waals surface area contributed by atoms with E-state index in [0.29, 0.717) is 17.7 Å². The fourth-order valence-electron chi connectivity index (χ4n) is 8.11. The fourth-order valence-corrected chi connectivity index (χ4v) is 9.56. The second kappa shape index (κ2) is 12.7. The Balaban J connectivity index is 1.67. The molecule has 0 unspecified atom stereocenters. The average Bonchev–Trinajstić information content (AvgIpc) is 3.47. The molecular formula is C38H48N6O6Si. The molecule has 0 radical (unpaired) electrons. The van der Waals surface area contributed by atoms with Crippen molar-refractivity contribution in [2.45, 2.75) is 76.9 Å². The molecule has 0 fully saturated rings. The summed E-state index contributed by atoms with van der Waals surface area (Å²) in [6, 6.07) is 12.8. The van der Waals surface area contributed by atoms with Crippen molar-refractivity contribution in [1.29, 1.82) is 0 Å². The van der Waals surface area contributed by atoms with Crippen LogP contribution in [0, 0.1) is 18.3 Å². The number of anilines is 1. The number of benzene rings is 2. The summed E-state index contributed by atoms with van der Waals surface area (Å²) >= 11 is 0. The Kier molecular flexibility index (Phi) is 9.03. The molecule has 1 N–H and O–H groups in total. The van der Waals surface area contributed by atoms with Crippen LogP contribution in [-0.2, 0) is 17.5 Å². The van der Waals surface area contributed by atoms with Gasteiger partial charge >= 0.3 is 0 Å². The first-order valence-corrected chi connectivity index (χ1v) is 20.2. The summed E-state index contributed by atoms with van der Waals surface area (Å²) in [7, 11) is 4.68. The molecule has 2 aromatic carbocycles. The summed E-state index contributed by atoms with van der Waals surface area (Å²) in [5.74, 6) is -1.86. The number of azide groups is 1. The zero-order valence-electron chi connectivity index (χ0n) is 31.2.